The summed E-state index contributed by atoms with van der Waals surface area (Å²) in [7, 11) is 0. The largest absolute Gasteiger partial charge is 0.396 e. The Bertz CT molecular complexity index is 522. The fraction of sp³-hybridized carbons (Fsp3) is 0.400. The molecule has 3 N–H and O–H groups in total. The van der Waals surface area contributed by atoms with Gasteiger partial charge >= 0.3 is 0 Å². The number of nitrogens with one attached hydrogen (secondary N) is 2. The number of hydrogen-bond acceptors (Lipinski definition) is 3. The third kappa shape index (κ3) is 3.66. The molecule has 0 aliphatic rings. The number of aromatic amines is 1. The highest BCUT2D eigenvalue weighted by molar-refractivity contribution is 5.63. The summed E-state index contributed by atoms with van der Waals surface area (Å²) in [5.74, 6) is 0. The maximum Gasteiger partial charge on any atom is 0.0695 e. The molecule has 0 radical (unpaired) electrons. The summed E-state index contributed by atoms with van der Waals surface area (Å²) in [5, 5.41) is 19.5. The molecule has 1 aromatic carbocycles. The molecule has 102 valence electrons. The number of rotatable bonds is 6. The molecule has 0 fully saturated rings. The van der Waals surface area contributed by atoms with Crippen LogP contribution in [0.5, 0.6) is 0 Å². The number of H-pyrrole nitrogens is 1. The molecule has 4 heteroatoms. The number of aliphatic hydroxyl groups is 1. The van der Waals surface area contributed by atoms with Gasteiger partial charge in [-0.3, -0.25) is 5.10 Å². The van der Waals surface area contributed by atoms with Gasteiger partial charge < -0.3 is 10.4 Å². The van der Waals surface area contributed by atoms with Crippen molar-refractivity contribution in [1.82, 2.24) is 15.5 Å². The van der Waals surface area contributed by atoms with Crippen molar-refractivity contribution in [3.05, 3.63) is 41.6 Å². The number of aliphatic hydroxyl groups excluding tert-OH is 1. The second kappa shape index (κ2) is 6.50. The lowest BCUT2D eigenvalue weighted by Gasteiger charge is -2.12. The predicted molar refractivity (Wildman–Crippen MR) is 76.8 cm³/mol. The van der Waals surface area contributed by atoms with Gasteiger partial charge in [-0.05, 0) is 26.3 Å². The van der Waals surface area contributed by atoms with Crippen LogP contribution in [0.1, 0.15) is 24.5 Å². The minimum Gasteiger partial charge on any atom is -0.396 e. The van der Waals surface area contributed by atoms with E-state index < -0.39 is 0 Å². The van der Waals surface area contributed by atoms with E-state index in [9.17, 15) is 0 Å². The molecular weight excluding hydrogens is 238 g/mol. The minimum atomic E-state index is 0.213. The molecule has 0 bridgehead atoms. The molecule has 1 unspecified atom stereocenters. The summed E-state index contributed by atoms with van der Waals surface area (Å²) >= 11 is 0. The molecule has 0 saturated heterocycles. The van der Waals surface area contributed by atoms with E-state index in [-0.39, 0.29) is 6.61 Å². The van der Waals surface area contributed by atoms with Crippen molar-refractivity contribution in [2.24, 2.45) is 0 Å². The predicted octanol–water partition coefficient (Wildman–Crippen LogP) is 2.25. The fourth-order valence-electron chi connectivity index (χ4n) is 2.08. The summed E-state index contributed by atoms with van der Waals surface area (Å²) in [5.41, 5.74) is 4.60. The molecule has 1 aromatic heterocycles. The van der Waals surface area contributed by atoms with E-state index in [1.165, 1.54) is 5.56 Å². The Balaban J connectivity index is 2.10. The molecule has 1 atom stereocenters. The van der Waals surface area contributed by atoms with E-state index in [4.69, 9.17) is 5.11 Å². The van der Waals surface area contributed by atoms with Gasteiger partial charge in [0.1, 0.15) is 0 Å². The summed E-state index contributed by atoms with van der Waals surface area (Å²) in [6.45, 7) is 5.12. The topological polar surface area (TPSA) is 60.9 Å². The van der Waals surface area contributed by atoms with Crippen molar-refractivity contribution >= 4 is 0 Å². The molecule has 2 aromatic rings. The van der Waals surface area contributed by atoms with Crippen molar-refractivity contribution < 1.29 is 5.11 Å². The second-order valence-corrected chi connectivity index (χ2v) is 4.93. The van der Waals surface area contributed by atoms with Gasteiger partial charge in [-0.25, -0.2) is 0 Å². The van der Waals surface area contributed by atoms with E-state index in [2.05, 4.69) is 53.6 Å². The lowest BCUT2D eigenvalue weighted by Crippen LogP contribution is -2.26. The molecule has 0 amide bonds. The Morgan fingerprint density at radius 3 is 3.00 bits per heavy atom. The number of aromatic nitrogens is 2. The van der Waals surface area contributed by atoms with E-state index in [1.54, 1.807) is 0 Å². The molecule has 19 heavy (non-hydrogen) atoms. The lowest BCUT2D eigenvalue weighted by molar-refractivity contribution is 0.268. The summed E-state index contributed by atoms with van der Waals surface area (Å²) in [6, 6.07) is 8.67. The summed E-state index contributed by atoms with van der Waals surface area (Å²) in [6.07, 6.45) is 2.62. The maximum absolute atomic E-state index is 8.90. The van der Waals surface area contributed by atoms with E-state index >= 15 is 0 Å². The quantitative estimate of drug-likeness (QED) is 0.745. The van der Waals surface area contributed by atoms with Gasteiger partial charge in [0.05, 0.1) is 11.9 Å². The van der Waals surface area contributed by atoms with Crippen LogP contribution in [0, 0.1) is 6.92 Å². The smallest absolute Gasteiger partial charge is 0.0695 e. The Kier molecular flexibility index (Phi) is 4.71. The van der Waals surface area contributed by atoms with Gasteiger partial charge in [0.15, 0.2) is 0 Å². The zero-order chi connectivity index (χ0) is 13.7. The van der Waals surface area contributed by atoms with Gasteiger partial charge in [0, 0.05) is 30.3 Å². The highest BCUT2D eigenvalue weighted by Crippen LogP contribution is 2.21. The van der Waals surface area contributed by atoms with Crippen molar-refractivity contribution in [2.45, 2.75) is 32.9 Å². The van der Waals surface area contributed by atoms with Crippen molar-refractivity contribution in [1.29, 1.82) is 0 Å². The standard InChI is InChI=1S/C15H21N3O/c1-11-4-3-5-13(8-11)15-14(10-17-18-15)9-16-12(2)6-7-19/h3-5,8,10,12,16,19H,6-7,9H2,1-2H3,(H,17,18). The highest BCUT2D eigenvalue weighted by atomic mass is 16.3. The fourth-order valence-corrected chi connectivity index (χ4v) is 2.08. The van der Waals surface area contributed by atoms with Crippen LogP contribution in [0.4, 0.5) is 0 Å². The number of nitrogens with zero attached hydrogens (tertiary/aromatic N) is 1. The van der Waals surface area contributed by atoms with Crippen LogP contribution in [-0.4, -0.2) is 28.0 Å². The van der Waals surface area contributed by atoms with Crippen molar-refractivity contribution in [2.75, 3.05) is 6.61 Å². The first kappa shape index (κ1) is 13.8. The Hall–Kier alpha value is -1.65. The Labute approximate surface area is 113 Å². The van der Waals surface area contributed by atoms with Crippen LogP contribution in [0.2, 0.25) is 0 Å². The molecule has 2 rings (SSSR count). The molecule has 1 heterocycles. The van der Waals surface area contributed by atoms with Crippen LogP contribution in [0.25, 0.3) is 11.3 Å². The molecule has 0 aliphatic heterocycles. The Morgan fingerprint density at radius 2 is 2.26 bits per heavy atom. The molecule has 0 spiro atoms. The molecule has 0 saturated carbocycles. The van der Waals surface area contributed by atoms with Crippen LogP contribution in [0.3, 0.4) is 0 Å². The third-order valence-corrected chi connectivity index (χ3v) is 3.23. The lowest BCUT2D eigenvalue weighted by atomic mass is 10.1. The number of benzene rings is 1. The van der Waals surface area contributed by atoms with Crippen molar-refractivity contribution in [3.63, 3.8) is 0 Å². The van der Waals surface area contributed by atoms with E-state index in [1.807, 2.05) is 6.20 Å². The van der Waals surface area contributed by atoms with Crippen LogP contribution < -0.4 is 5.32 Å². The first-order valence-corrected chi connectivity index (χ1v) is 6.64. The van der Waals surface area contributed by atoms with Gasteiger partial charge in [-0.1, -0.05) is 23.8 Å². The van der Waals surface area contributed by atoms with Gasteiger partial charge in [0.25, 0.3) is 0 Å². The monoisotopic (exact) mass is 259 g/mol. The average Bonchev–Trinajstić information content (AvgIpc) is 2.85. The normalized spacial score (nSPS) is 12.6. The minimum absolute atomic E-state index is 0.213. The van der Waals surface area contributed by atoms with Gasteiger partial charge in [-0.2, -0.15) is 5.10 Å². The average molecular weight is 259 g/mol. The zero-order valence-corrected chi connectivity index (χ0v) is 11.5. The number of hydrogen-bond donors (Lipinski definition) is 3. The van der Waals surface area contributed by atoms with Crippen LogP contribution in [0.15, 0.2) is 30.5 Å². The molecule has 4 nitrogen and oxygen atoms in total. The second-order valence-electron chi connectivity index (χ2n) is 4.93. The van der Waals surface area contributed by atoms with Crippen LogP contribution in [-0.2, 0) is 6.54 Å². The van der Waals surface area contributed by atoms with Crippen LogP contribution >= 0.6 is 0 Å². The highest BCUT2D eigenvalue weighted by Gasteiger charge is 2.09. The van der Waals surface area contributed by atoms with E-state index in [0.717, 1.165) is 29.8 Å². The molecular formula is C15H21N3O. The van der Waals surface area contributed by atoms with Crippen molar-refractivity contribution in [3.8, 4) is 11.3 Å². The first-order chi connectivity index (χ1) is 9.20. The summed E-state index contributed by atoms with van der Waals surface area (Å²) in [4.78, 5) is 0. The van der Waals surface area contributed by atoms with Gasteiger partial charge in [0.2, 0.25) is 0 Å². The summed E-state index contributed by atoms with van der Waals surface area (Å²) < 4.78 is 0. The van der Waals surface area contributed by atoms with E-state index in [0.29, 0.717) is 6.04 Å². The third-order valence-electron chi connectivity index (χ3n) is 3.23. The molecule has 0 aliphatic carbocycles. The SMILES string of the molecule is Cc1cccc(-c2[nH]ncc2CNC(C)CCO)c1. The zero-order valence-electron chi connectivity index (χ0n) is 11.5. The first-order valence-electron chi connectivity index (χ1n) is 6.64. The Morgan fingerprint density at radius 1 is 1.42 bits per heavy atom. The van der Waals surface area contributed by atoms with Gasteiger partial charge in [-0.15, -0.1) is 0 Å². The number of aryl methyl sites for hydroxylation is 1. The maximum atomic E-state index is 8.90.